The van der Waals surface area contributed by atoms with Gasteiger partial charge in [0.05, 0.1) is 17.5 Å². The zero-order valence-corrected chi connectivity index (χ0v) is 25.1. The largest absolute Gasteiger partial charge is 0.504 e. The fraction of sp³-hybridized carbons (Fsp3) is 0.486. The number of benzene rings is 2. The minimum atomic E-state index is -0.836. The first-order chi connectivity index (χ1) is 20.1. The zero-order valence-electron chi connectivity index (χ0n) is 25.1. The number of piperidine rings is 1. The summed E-state index contributed by atoms with van der Waals surface area (Å²) in [6.45, 7) is 13.8. The van der Waals surface area contributed by atoms with Crippen LogP contribution in [0.4, 0.5) is 0 Å². The Morgan fingerprint density at radius 3 is 2.79 bits per heavy atom. The first-order valence-electron chi connectivity index (χ1n) is 15.2. The molecule has 0 radical (unpaired) electrons. The summed E-state index contributed by atoms with van der Waals surface area (Å²) in [5, 5.41) is 11.1. The highest BCUT2D eigenvalue weighted by Crippen LogP contribution is 2.67. The van der Waals surface area contributed by atoms with Gasteiger partial charge in [-0.3, -0.25) is 14.5 Å². The molecular formula is C35H42N2O5. The molecule has 2 aliphatic heterocycles. The van der Waals surface area contributed by atoms with Crippen molar-refractivity contribution in [3.05, 3.63) is 77.4 Å². The maximum absolute atomic E-state index is 14.0. The number of aryl methyl sites for hydroxylation is 1. The van der Waals surface area contributed by atoms with Crippen molar-refractivity contribution in [2.45, 2.75) is 82.6 Å². The average molecular weight is 571 g/mol. The minimum Gasteiger partial charge on any atom is -0.504 e. The Kier molecular flexibility index (Phi) is 7.20. The topological polar surface area (TPSA) is 79.3 Å². The number of hydrogen-bond acceptors (Lipinski definition) is 6. The standard InChI is InChI=1S/C35H42N2O5/c1-6-17-36-18-16-34-31-26-11-12-28(39)32(31)41-33(34)27(14-15-35(34,29(36)20-26)42-24(5)38)37(21-22(2)3)30(40)13-10-25-9-7-8-23(4)19-25/h6-13,19,22,27,29,33,39H,1,14-18,20-21H2,2-5H3/t27-,29+,33-,34-,35+/m0/s1. The number of phenolic OH excluding ortho intramolecular Hbond substituents is 1. The monoisotopic (exact) mass is 570 g/mol. The zero-order chi connectivity index (χ0) is 29.8. The van der Waals surface area contributed by atoms with Crippen molar-refractivity contribution in [3.8, 4) is 11.5 Å². The first-order valence-corrected chi connectivity index (χ1v) is 15.2. The molecular weight excluding hydrogens is 528 g/mol. The number of aromatic hydroxyl groups is 1. The minimum absolute atomic E-state index is 0.0568. The van der Waals surface area contributed by atoms with Gasteiger partial charge in [0.1, 0.15) is 11.7 Å². The number of likely N-dealkylation sites (tertiary alicyclic amines) is 1. The van der Waals surface area contributed by atoms with Gasteiger partial charge in [-0.05, 0) is 61.8 Å². The highest BCUT2D eigenvalue weighted by atomic mass is 16.6. The van der Waals surface area contributed by atoms with Crippen LogP contribution in [0.3, 0.4) is 0 Å². The molecule has 2 aliphatic carbocycles. The van der Waals surface area contributed by atoms with Crippen LogP contribution in [-0.2, 0) is 26.2 Å². The van der Waals surface area contributed by atoms with Crippen LogP contribution in [0.25, 0.3) is 6.08 Å². The predicted molar refractivity (Wildman–Crippen MR) is 162 cm³/mol. The lowest BCUT2D eigenvalue weighted by atomic mass is 9.48. The van der Waals surface area contributed by atoms with Gasteiger partial charge in [-0.2, -0.15) is 0 Å². The molecule has 6 rings (SSSR count). The summed E-state index contributed by atoms with van der Waals surface area (Å²) < 4.78 is 13.3. The number of rotatable bonds is 8. The van der Waals surface area contributed by atoms with Gasteiger partial charge in [0.2, 0.25) is 5.91 Å². The van der Waals surface area contributed by atoms with Crippen molar-refractivity contribution in [1.29, 1.82) is 0 Å². The van der Waals surface area contributed by atoms with Crippen molar-refractivity contribution >= 4 is 18.0 Å². The molecule has 5 atom stereocenters. The molecule has 2 aromatic carbocycles. The summed E-state index contributed by atoms with van der Waals surface area (Å²) in [5.41, 5.74) is 2.69. The number of phenols is 1. The Balaban J connectivity index is 1.47. The molecule has 4 aliphatic rings. The molecule has 0 unspecified atom stereocenters. The molecule has 1 N–H and O–H groups in total. The number of ether oxygens (including phenoxy) is 2. The van der Waals surface area contributed by atoms with E-state index in [4.69, 9.17) is 9.47 Å². The quantitative estimate of drug-likeness (QED) is 0.268. The van der Waals surface area contributed by atoms with Crippen LogP contribution in [0.15, 0.2) is 55.1 Å². The third-order valence-corrected chi connectivity index (χ3v) is 9.90. The van der Waals surface area contributed by atoms with Crippen molar-refractivity contribution in [2.24, 2.45) is 5.92 Å². The number of carbonyl (C=O) groups is 2. The van der Waals surface area contributed by atoms with E-state index < -0.39 is 17.1 Å². The normalized spacial score (nSPS) is 29.2. The summed E-state index contributed by atoms with van der Waals surface area (Å²) in [6, 6.07) is 11.5. The highest BCUT2D eigenvalue weighted by molar-refractivity contribution is 5.92. The molecule has 1 saturated carbocycles. The van der Waals surface area contributed by atoms with Gasteiger partial charge >= 0.3 is 5.97 Å². The number of carbonyl (C=O) groups excluding carboxylic acids is 2. The van der Waals surface area contributed by atoms with E-state index in [-0.39, 0.29) is 35.6 Å². The third-order valence-electron chi connectivity index (χ3n) is 9.90. The SMILES string of the molecule is C=CCN1CC[C@]23c4c5ccc(O)c4O[C@H]2[C@@H](N(CC(C)C)C(=O)C=Cc2cccc(C)c2)CC[C@@]3(OC(C)=O)[C@H]1C5. The second kappa shape index (κ2) is 10.6. The second-order valence-corrected chi connectivity index (χ2v) is 12.9. The summed E-state index contributed by atoms with van der Waals surface area (Å²) in [5.74, 6) is 0.447. The Morgan fingerprint density at radius 2 is 2.07 bits per heavy atom. The van der Waals surface area contributed by atoms with Crippen molar-refractivity contribution in [3.63, 3.8) is 0 Å². The van der Waals surface area contributed by atoms with Gasteiger partial charge < -0.3 is 19.5 Å². The van der Waals surface area contributed by atoms with Crippen LogP contribution < -0.4 is 4.74 Å². The molecule has 1 saturated heterocycles. The van der Waals surface area contributed by atoms with E-state index in [1.165, 1.54) is 6.92 Å². The number of hydrogen-bond donors (Lipinski definition) is 1. The smallest absolute Gasteiger partial charge is 0.303 e. The summed E-state index contributed by atoms with van der Waals surface area (Å²) in [4.78, 5) is 31.2. The summed E-state index contributed by atoms with van der Waals surface area (Å²) in [7, 11) is 0. The lowest BCUT2D eigenvalue weighted by Gasteiger charge is -2.65. The molecule has 0 aromatic heterocycles. The number of esters is 1. The van der Waals surface area contributed by atoms with Crippen molar-refractivity contribution < 1.29 is 24.2 Å². The molecule has 222 valence electrons. The lowest BCUT2D eigenvalue weighted by molar-refractivity contribution is -0.223. The fourth-order valence-corrected chi connectivity index (χ4v) is 8.56. The first kappa shape index (κ1) is 28.5. The van der Waals surface area contributed by atoms with Crippen LogP contribution in [0.5, 0.6) is 11.5 Å². The van der Waals surface area contributed by atoms with Crippen molar-refractivity contribution in [1.82, 2.24) is 9.80 Å². The van der Waals surface area contributed by atoms with E-state index in [0.717, 1.165) is 28.8 Å². The molecule has 7 nitrogen and oxygen atoms in total. The number of amides is 1. The molecule has 2 heterocycles. The lowest BCUT2D eigenvalue weighted by Crippen LogP contribution is -2.79. The van der Waals surface area contributed by atoms with E-state index in [9.17, 15) is 14.7 Å². The van der Waals surface area contributed by atoms with Crippen molar-refractivity contribution in [2.75, 3.05) is 19.6 Å². The van der Waals surface area contributed by atoms with Crippen LogP contribution in [0.2, 0.25) is 0 Å². The fourth-order valence-electron chi connectivity index (χ4n) is 8.56. The maximum atomic E-state index is 14.0. The van der Waals surface area contributed by atoms with Gasteiger partial charge in [0.15, 0.2) is 11.5 Å². The Hall–Kier alpha value is -3.58. The average Bonchev–Trinajstić information content (AvgIpc) is 3.29. The van der Waals surface area contributed by atoms with Gasteiger partial charge in [0.25, 0.3) is 0 Å². The third kappa shape index (κ3) is 4.27. The Labute approximate surface area is 248 Å². The van der Waals surface area contributed by atoms with E-state index in [2.05, 4.69) is 31.4 Å². The maximum Gasteiger partial charge on any atom is 0.303 e. The van der Waals surface area contributed by atoms with Gasteiger partial charge in [-0.1, -0.05) is 55.8 Å². The van der Waals surface area contributed by atoms with E-state index in [0.29, 0.717) is 44.5 Å². The molecule has 2 bridgehead atoms. The van der Waals surface area contributed by atoms with E-state index in [1.807, 2.05) is 48.2 Å². The molecule has 7 heteroatoms. The van der Waals surface area contributed by atoms with Gasteiger partial charge in [0, 0.05) is 38.2 Å². The van der Waals surface area contributed by atoms with Gasteiger partial charge in [-0.25, -0.2) is 0 Å². The molecule has 2 fully saturated rings. The molecule has 1 amide bonds. The highest BCUT2D eigenvalue weighted by Gasteiger charge is 2.75. The Morgan fingerprint density at radius 1 is 1.26 bits per heavy atom. The molecule has 1 spiro atoms. The van der Waals surface area contributed by atoms with Gasteiger partial charge in [-0.15, -0.1) is 6.58 Å². The van der Waals surface area contributed by atoms with Crippen LogP contribution in [0, 0.1) is 12.8 Å². The predicted octanol–water partition coefficient (Wildman–Crippen LogP) is 5.18. The second-order valence-electron chi connectivity index (χ2n) is 12.9. The Bertz CT molecular complexity index is 1450. The van der Waals surface area contributed by atoms with Crippen LogP contribution in [-0.4, -0.2) is 70.2 Å². The van der Waals surface area contributed by atoms with Crippen LogP contribution in [0.1, 0.15) is 62.3 Å². The molecule has 42 heavy (non-hydrogen) atoms. The van der Waals surface area contributed by atoms with E-state index >= 15 is 0 Å². The summed E-state index contributed by atoms with van der Waals surface area (Å²) in [6.07, 6.45) is 7.62. The number of nitrogens with zero attached hydrogens (tertiary/aromatic N) is 2. The van der Waals surface area contributed by atoms with E-state index in [1.54, 1.807) is 12.1 Å². The summed E-state index contributed by atoms with van der Waals surface area (Å²) >= 11 is 0. The van der Waals surface area contributed by atoms with Crippen LogP contribution >= 0.6 is 0 Å². The molecule has 2 aromatic rings.